The van der Waals surface area contributed by atoms with Gasteiger partial charge in [0.25, 0.3) is 5.56 Å². The lowest BCUT2D eigenvalue weighted by Gasteiger charge is -2.12. The van der Waals surface area contributed by atoms with Gasteiger partial charge in [-0.25, -0.2) is 15.0 Å². The molecule has 2 N–H and O–H groups in total. The second-order valence-corrected chi connectivity index (χ2v) is 6.89. The maximum atomic E-state index is 12.3. The third kappa shape index (κ3) is 4.18. The summed E-state index contributed by atoms with van der Waals surface area (Å²) in [5.74, 6) is 2.31. The molecule has 2 heterocycles. The zero-order valence-electron chi connectivity index (χ0n) is 18.2. The van der Waals surface area contributed by atoms with E-state index in [0.717, 1.165) is 11.1 Å². The van der Waals surface area contributed by atoms with E-state index in [9.17, 15) is 4.79 Å². The molecule has 0 aliphatic rings. The van der Waals surface area contributed by atoms with Crippen molar-refractivity contribution in [1.82, 2.24) is 19.9 Å². The molecule has 2 aromatic heterocycles. The van der Waals surface area contributed by atoms with E-state index in [4.69, 9.17) is 14.2 Å². The van der Waals surface area contributed by atoms with Crippen LogP contribution in [0, 0.1) is 6.92 Å². The van der Waals surface area contributed by atoms with Gasteiger partial charge in [-0.15, -0.1) is 0 Å². The SMILES string of the molecule is CCOc1cccc2c(C)nc(Nc3nc(-c4ccc(OC)c(OC)c4)cc(=O)[nH]3)nc12. The molecule has 0 fully saturated rings. The summed E-state index contributed by atoms with van der Waals surface area (Å²) in [6.45, 7) is 4.33. The summed E-state index contributed by atoms with van der Waals surface area (Å²) >= 11 is 0. The molecule has 9 heteroatoms. The Morgan fingerprint density at radius 3 is 2.53 bits per heavy atom. The molecule has 32 heavy (non-hydrogen) atoms. The van der Waals surface area contributed by atoms with Crippen LogP contribution >= 0.6 is 0 Å². The quantitative estimate of drug-likeness (QED) is 0.452. The van der Waals surface area contributed by atoms with Crippen molar-refractivity contribution < 1.29 is 14.2 Å². The molecule has 2 aromatic carbocycles. The Bertz CT molecular complexity index is 1340. The van der Waals surface area contributed by atoms with E-state index >= 15 is 0 Å². The number of nitrogens with zero attached hydrogens (tertiary/aromatic N) is 3. The van der Waals surface area contributed by atoms with Crippen LogP contribution in [0.5, 0.6) is 17.2 Å². The van der Waals surface area contributed by atoms with Gasteiger partial charge < -0.3 is 14.2 Å². The van der Waals surface area contributed by atoms with E-state index < -0.39 is 0 Å². The Balaban J connectivity index is 1.73. The lowest BCUT2D eigenvalue weighted by molar-refractivity contribution is 0.343. The number of H-pyrrole nitrogens is 1. The summed E-state index contributed by atoms with van der Waals surface area (Å²) in [6.07, 6.45) is 0. The van der Waals surface area contributed by atoms with Gasteiger partial charge in [-0.2, -0.15) is 0 Å². The van der Waals surface area contributed by atoms with Gasteiger partial charge in [0, 0.05) is 17.0 Å². The number of para-hydroxylation sites is 1. The molecule has 0 saturated carbocycles. The number of aryl methyl sites for hydroxylation is 1. The molecule has 0 unspecified atom stereocenters. The van der Waals surface area contributed by atoms with Gasteiger partial charge >= 0.3 is 0 Å². The van der Waals surface area contributed by atoms with Gasteiger partial charge in [0.05, 0.1) is 32.2 Å². The van der Waals surface area contributed by atoms with E-state index in [1.165, 1.54) is 6.07 Å². The van der Waals surface area contributed by atoms with Crippen molar-refractivity contribution in [2.75, 3.05) is 26.1 Å². The smallest absolute Gasteiger partial charge is 0.252 e. The Morgan fingerprint density at radius 2 is 1.78 bits per heavy atom. The predicted octanol–water partition coefficient (Wildman–Crippen LogP) is 3.85. The van der Waals surface area contributed by atoms with E-state index in [1.54, 1.807) is 32.4 Å². The molecule has 0 radical (unpaired) electrons. The highest BCUT2D eigenvalue weighted by Crippen LogP contribution is 2.32. The first-order chi connectivity index (χ1) is 15.5. The van der Waals surface area contributed by atoms with Crippen molar-refractivity contribution in [2.24, 2.45) is 0 Å². The van der Waals surface area contributed by atoms with Gasteiger partial charge in [0.2, 0.25) is 11.9 Å². The van der Waals surface area contributed by atoms with Gasteiger partial charge in [0.1, 0.15) is 11.3 Å². The molecule has 164 valence electrons. The Kier molecular flexibility index (Phi) is 5.89. The summed E-state index contributed by atoms with van der Waals surface area (Å²) in [4.78, 5) is 28.6. The van der Waals surface area contributed by atoms with Gasteiger partial charge in [-0.05, 0) is 38.1 Å². The first-order valence-electron chi connectivity index (χ1n) is 10.0. The van der Waals surface area contributed by atoms with E-state index in [0.29, 0.717) is 46.6 Å². The number of benzene rings is 2. The van der Waals surface area contributed by atoms with Crippen LogP contribution in [0.2, 0.25) is 0 Å². The number of hydrogen-bond donors (Lipinski definition) is 2. The van der Waals surface area contributed by atoms with Crippen LogP contribution in [0.1, 0.15) is 12.6 Å². The van der Waals surface area contributed by atoms with Crippen LogP contribution in [0.3, 0.4) is 0 Å². The zero-order chi connectivity index (χ0) is 22.7. The number of hydrogen-bond acceptors (Lipinski definition) is 8. The van der Waals surface area contributed by atoms with Gasteiger partial charge in [-0.1, -0.05) is 12.1 Å². The number of nitrogens with one attached hydrogen (secondary N) is 2. The standard InChI is InChI=1S/C23H23N5O4/c1-5-32-18-8-6-7-15-13(2)24-22(27-21(15)18)28-23-25-16(12-20(29)26-23)14-9-10-17(30-3)19(11-14)31-4/h6-12H,5H2,1-4H3,(H2,24,25,26,27,28,29). The number of ether oxygens (including phenoxy) is 3. The third-order valence-electron chi connectivity index (χ3n) is 4.83. The predicted molar refractivity (Wildman–Crippen MR) is 122 cm³/mol. The molecule has 4 aromatic rings. The maximum Gasteiger partial charge on any atom is 0.252 e. The van der Waals surface area contributed by atoms with E-state index in [1.807, 2.05) is 32.0 Å². The van der Waals surface area contributed by atoms with Crippen molar-refractivity contribution in [3.05, 3.63) is 58.5 Å². The molecular weight excluding hydrogens is 410 g/mol. The maximum absolute atomic E-state index is 12.3. The number of aromatic amines is 1. The first kappa shape index (κ1) is 21.1. The second-order valence-electron chi connectivity index (χ2n) is 6.89. The van der Waals surface area contributed by atoms with Crippen molar-refractivity contribution in [3.8, 4) is 28.5 Å². The van der Waals surface area contributed by atoms with Crippen LogP contribution in [0.25, 0.3) is 22.2 Å². The monoisotopic (exact) mass is 433 g/mol. The van der Waals surface area contributed by atoms with Crippen molar-refractivity contribution in [1.29, 1.82) is 0 Å². The van der Waals surface area contributed by atoms with Crippen molar-refractivity contribution in [2.45, 2.75) is 13.8 Å². The Morgan fingerprint density at radius 1 is 0.969 bits per heavy atom. The lowest BCUT2D eigenvalue weighted by Crippen LogP contribution is -2.12. The lowest BCUT2D eigenvalue weighted by atomic mass is 10.1. The summed E-state index contributed by atoms with van der Waals surface area (Å²) in [5, 5.41) is 3.90. The molecule has 0 atom stereocenters. The number of rotatable bonds is 7. The zero-order valence-corrected chi connectivity index (χ0v) is 18.2. The molecule has 0 aliphatic carbocycles. The Labute approximate surface area is 184 Å². The largest absolute Gasteiger partial charge is 0.493 e. The summed E-state index contributed by atoms with van der Waals surface area (Å²) in [5.41, 5.74) is 2.30. The van der Waals surface area contributed by atoms with Crippen LogP contribution in [0.15, 0.2) is 47.3 Å². The third-order valence-corrected chi connectivity index (χ3v) is 4.83. The molecule has 4 rings (SSSR count). The molecule has 0 spiro atoms. The molecular formula is C23H23N5O4. The highest BCUT2D eigenvalue weighted by atomic mass is 16.5. The van der Waals surface area contributed by atoms with E-state index in [-0.39, 0.29) is 11.5 Å². The average molecular weight is 433 g/mol. The molecule has 0 saturated heterocycles. The number of methoxy groups -OCH3 is 2. The minimum atomic E-state index is -0.320. The fraction of sp³-hybridized carbons (Fsp3) is 0.217. The van der Waals surface area contributed by atoms with E-state index in [2.05, 4.69) is 25.3 Å². The minimum absolute atomic E-state index is 0.218. The fourth-order valence-corrected chi connectivity index (χ4v) is 3.37. The highest BCUT2D eigenvalue weighted by molar-refractivity contribution is 5.87. The highest BCUT2D eigenvalue weighted by Gasteiger charge is 2.12. The van der Waals surface area contributed by atoms with Crippen molar-refractivity contribution >= 4 is 22.8 Å². The average Bonchev–Trinajstić information content (AvgIpc) is 2.79. The van der Waals surface area contributed by atoms with Gasteiger partial charge in [0.15, 0.2) is 11.5 Å². The van der Waals surface area contributed by atoms with Crippen molar-refractivity contribution in [3.63, 3.8) is 0 Å². The molecule has 9 nitrogen and oxygen atoms in total. The number of fused-ring (bicyclic) bond motifs is 1. The van der Waals surface area contributed by atoms with Crippen LogP contribution < -0.4 is 25.1 Å². The molecule has 0 aliphatic heterocycles. The molecule has 0 amide bonds. The minimum Gasteiger partial charge on any atom is -0.493 e. The molecule has 0 bridgehead atoms. The topological polar surface area (TPSA) is 111 Å². The normalized spacial score (nSPS) is 10.8. The summed E-state index contributed by atoms with van der Waals surface area (Å²) < 4.78 is 16.3. The number of aromatic nitrogens is 4. The Hall–Kier alpha value is -4.14. The van der Waals surface area contributed by atoms with Crippen LogP contribution in [-0.4, -0.2) is 40.8 Å². The van der Waals surface area contributed by atoms with Crippen LogP contribution in [0.4, 0.5) is 11.9 Å². The first-order valence-corrected chi connectivity index (χ1v) is 10.0. The van der Waals surface area contributed by atoms with Gasteiger partial charge in [-0.3, -0.25) is 15.1 Å². The fourth-order valence-electron chi connectivity index (χ4n) is 3.37. The summed E-state index contributed by atoms with van der Waals surface area (Å²) in [6, 6.07) is 12.4. The summed E-state index contributed by atoms with van der Waals surface area (Å²) in [7, 11) is 3.11. The van der Waals surface area contributed by atoms with Crippen LogP contribution in [-0.2, 0) is 0 Å². The number of anilines is 2. The second kappa shape index (κ2) is 8.93.